The van der Waals surface area contributed by atoms with Gasteiger partial charge < -0.3 is 20.4 Å². The topological polar surface area (TPSA) is 69.2 Å². The van der Waals surface area contributed by atoms with Crippen LogP contribution in [0.2, 0.25) is 0 Å². The minimum Gasteiger partial charge on any atom is -0.364 e. The van der Waals surface area contributed by atoms with Gasteiger partial charge in [0.25, 0.3) is 0 Å². The number of fused-ring (bicyclic) bond motifs is 1. The van der Waals surface area contributed by atoms with Gasteiger partial charge in [-0.15, -0.1) is 0 Å². The molecule has 0 atom stereocenters. The highest BCUT2D eigenvalue weighted by Gasteiger charge is 2.33. The summed E-state index contributed by atoms with van der Waals surface area (Å²) in [6, 6.07) is 6.63. The van der Waals surface area contributed by atoms with E-state index >= 15 is 0 Å². The zero-order valence-electron chi connectivity index (χ0n) is 17.8. The molecule has 0 bridgehead atoms. The number of nitrogens with zero attached hydrogens (tertiary/aromatic N) is 5. The molecule has 2 aromatic heterocycles. The molecule has 7 heteroatoms. The van der Waals surface area contributed by atoms with E-state index in [0.717, 1.165) is 34.9 Å². The molecule has 2 aliphatic heterocycles. The third kappa shape index (κ3) is 4.10. The van der Waals surface area contributed by atoms with E-state index in [1.807, 2.05) is 12.1 Å². The third-order valence-corrected chi connectivity index (χ3v) is 7.31. The molecule has 4 aliphatic rings. The lowest BCUT2D eigenvalue weighted by Gasteiger charge is -2.34. The normalized spacial score (nSPS) is 24.9. The second-order valence-corrected chi connectivity index (χ2v) is 9.64. The highest BCUT2D eigenvalue weighted by atomic mass is 15.2. The summed E-state index contributed by atoms with van der Waals surface area (Å²) >= 11 is 0. The molecule has 2 aromatic rings. The highest BCUT2D eigenvalue weighted by molar-refractivity contribution is 5.77. The van der Waals surface area contributed by atoms with Gasteiger partial charge in [-0.3, -0.25) is 0 Å². The van der Waals surface area contributed by atoms with Crippen LogP contribution in [0.4, 0.5) is 11.6 Å². The van der Waals surface area contributed by atoms with Crippen LogP contribution in [0.3, 0.4) is 0 Å². The molecule has 0 radical (unpaired) electrons. The molecule has 0 unspecified atom stereocenters. The van der Waals surface area contributed by atoms with Crippen LogP contribution < -0.4 is 10.6 Å². The Morgan fingerprint density at radius 3 is 1.77 bits per heavy atom. The fourth-order valence-corrected chi connectivity index (χ4v) is 5.18. The Morgan fingerprint density at radius 1 is 0.700 bits per heavy atom. The van der Waals surface area contributed by atoms with Gasteiger partial charge in [-0.25, -0.2) is 15.0 Å². The number of likely N-dealkylation sites (tertiary alicyclic amines) is 2. The van der Waals surface area contributed by atoms with Crippen LogP contribution in [0.25, 0.3) is 11.2 Å². The Labute approximate surface area is 178 Å². The van der Waals surface area contributed by atoms with Gasteiger partial charge >= 0.3 is 0 Å². The monoisotopic (exact) mass is 407 g/mol. The largest absolute Gasteiger partial charge is 0.364 e. The maximum Gasteiger partial charge on any atom is 0.180 e. The summed E-state index contributed by atoms with van der Waals surface area (Å²) in [6.45, 7) is 4.80. The molecule has 2 saturated heterocycles. The predicted molar refractivity (Wildman–Crippen MR) is 120 cm³/mol. The Morgan fingerprint density at radius 2 is 1.23 bits per heavy atom. The molecule has 160 valence electrons. The van der Waals surface area contributed by atoms with Crippen molar-refractivity contribution < 1.29 is 0 Å². The second kappa shape index (κ2) is 7.93. The van der Waals surface area contributed by atoms with Gasteiger partial charge in [-0.2, -0.15) is 0 Å². The SMILES string of the molecule is c1cnc2nc(NC3CCN(C4CC4)CC3)c(NC3CCN(C4CC4)CC3)nc2c1. The molecule has 30 heavy (non-hydrogen) atoms. The standard InChI is InChI=1S/C23H33N7/c1-2-20-21(24-11-1)28-23(26-17-9-14-30(15-10-17)19-5-6-19)22(27-20)25-16-7-12-29(13-8-16)18-3-4-18/h1-2,11,16-19H,3-10,12-15H2,(H,25,27)(H,24,26,28). The van der Waals surface area contributed by atoms with Gasteiger partial charge in [-0.05, 0) is 63.5 Å². The summed E-state index contributed by atoms with van der Waals surface area (Å²) in [5, 5.41) is 7.48. The molecule has 2 aliphatic carbocycles. The molecule has 0 aromatic carbocycles. The molecule has 0 spiro atoms. The van der Waals surface area contributed by atoms with E-state index in [4.69, 9.17) is 9.97 Å². The van der Waals surface area contributed by atoms with Gasteiger partial charge in [0.1, 0.15) is 5.52 Å². The van der Waals surface area contributed by atoms with Crippen molar-refractivity contribution in [1.29, 1.82) is 0 Å². The minimum atomic E-state index is 0.465. The van der Waals surface area contributed by atoms with Crippen LogP contribution in [0.1, 0.15) is 51.4 Å². The first-order valence-electron chi connectivity index (χ1n) is 12.0. The van der Waals surface area contributed by atoms with E-state index in [1.165, 1.54) is 77.5 Å². The number of pyridine rings is 1. The van der Waals surface area contributed by atoms with Crippen molar-refractivity contribution in [3.05, 3.63) is 18.3 Å². The van der Waals surface area contributed by atoms with Crippen molar-refractivity contribution in [2.75, 3.05) is 36.8 Å². The van der Waals surface area contributed by atoms with Gasteiger partial charge in [0.2, 0.25) is 0 Å². The Hall–Kier alpha value is -1.99. The van der Waals surface area contributed by atoms with Gasteiger partial charge in [0.05, 0.1) is 0 Å². The lowest BCUT2D eigenvalue weighted by Crippen LogP contribution is -2.41. The van der Waals surface area contributed by atoms with Crippen LogP contribution in [-0.4, -0.2) is 75.1 Å². The lowest BCUT2D eigenvalue weighted by atomic mass is 10.0. The molecule has 6 rings (SSSR count). The van der Waals surface area contributed by atoms with E-state index in [0.29, 0.717) is 12.1 Å². The fraction of sp³-hybridized carbons (Fsp3) is 0.696. The fourth-order valence-electron chi connectivity index (χ4n) is 5.18. The van der Waals surface area contributed by atoms with Gasteiger partial charge in [0, 0.05) is 56.5 Å². The zero-order valence-corrected chi connectivity index (χ0v) is 17.8. The van der Waals surface area contributed by atoms with Gasteiger partial charge in [0.15, 0.2) is 17.3 Å². The number of piperidine rings is 2. The molecule has 4 heterocycles. The van der Waals surface area contributed by atoms with E-state index < -0.39 is 0 Å². The Kier molecular flexibility index (Phi) is 4.96. The van der Waals surface area contributed by atoms with Crippen molar-refractivity contribution in [3.63, 3.8) is 0 Å². The van der Waals surface area contributed by atoms with Crippen LogP contribution >= 0.6 is 0 Å². The van der Waals surface area contributed by atoms with Crippen molar-refractivity contribution in [2.24, 2.45) is 0 Å². The quantitative estimate of drug-likeness (QED) is 0.762. The number of anilines is 2. The number of rotatable bonds is 6. The van der Waals surface area contributed by atoms with E-state index in [1.54, 1.807) is 6.20 Å². The van der Waals surface area contributed by atoms with Gasteiger partial charge in [-0.1, -0.05) is 0 Å². The first-order valence-corrected chi connectivity index (χ1v) is 12.0. The van der Waals surface area contributed by atoms with E-state index in [9.17, 15) is 0 Å². The summed E-state index contributed by atoms with van der Waals surface area (Å²) < 4.78 is 0. The molecule has 2 saturated carbocycles. The lowest BCUT2D eigenvalue weighted by molar-refractivity contribution is 0.209. The maximum atomic E-state index is 4.93. The van der Waals surface area contributed by atoms with E-state index in [-0.39, 0.29) is 0 Å². The minimum absolute atomic E-state index is 0.465. The van der Waals surface area contributed by atoms with Crippen molar-refractivity contribution in [2.45, 2.75) is 75.5 Å². The van der Waals surface area contributed by atoms with Crippen LogP contribution in [0.5, 0.6) is 0 Å². The van der Waals surface area contributed by atoms with Crippen LogP contribution in [0, 0.1) is 0 Å². The average Bonchev–Trinajstić information content (AvgIpc) is 3.69. The third-order valence-electron chi connectivity index (χ3n) is 7.31. The second-order valence-electron chi connectivity index (χ2n) is 9.64. The van der Waals surface area contributed by atoms with Crippen molar-refractivity contribution >= 4 is 22.8 Å². The van der Waals surface area contributed by atoms with Crippen molar-refractivity contribution in [3.8, 4) is 0 Å². The first-order chi connectivity index (χ1) is 14.8. The first kappa shape index (κ1) is 18.8. The molecule has 4 fully saturated rings. The Balaban J connectivity index is 1.17. The molecular weight excluding hydrogens is 374 g/mol. The summed E-state index contributed by atoms with van der Waals surface area (Å²) in [5.74, 6) is 1.79. The Bertz CT molecular complexity index is 806. The van der Waals surface area contributed by atoms with E-state index in [2.05, 4.69) is 25.4 Å². The predicted octanol–water partition coefficient (Wildman–Crippen LogP) is 3.10. The van der Waals surface area contributed by atoms with Crippen LogP contribution in [0.15, 0.2) is 18.3 Å². The number of hydrogen-bond donors (Lipinski definition) is 2. The summed E-state index contributed by atoms with van der Waals surface area (Å²) in [5.41, 5.74) is 1.59. The molecule has 2 N–H and O–H groups in total. The maximum absolute atomic E-state index is 4.93. The molecule has 0 amide bonds. The smallest absolute Gasteiger partial charge is 0.180 e. The zero-order chi connectivity index (χ0) is 19.9. The summed E-state index contributed by atoms with van der Waals surface area (Å²) in [6.07, 6.45) is 12.1. The number of aromatic nitrogens is 3. The van der Waals surface area contributed by atoms with Crippen molar-refractivity contribution in [1.82, 2.24) is 24.8 Å². The summed E-state index contributed by atoms with van der Waals surface area (Å²) in [4.78, 5) is 19.6. The molecule has 7 nitrogen and oxygen atoms in total. The number of nitrogens with one attached hydrogen (secondary N) is 2. The highest BCUT2D eigenvalue weighted by Crippen LogP contribution is 2.32. The number of hydrogen-bond acceptors (Lipinski definition) is 7. The average molecular weight is 408 g/mol. The van der Waals surface area contributed by atoms with Crippen LogP contribution in [-0.2, 0) is 0 Å². The molecular formula is C23H33N7. The summed E-state index contributed by atoms with van der Waals surface area (Å²) in [7, 11) is 0.